The van der Waals surface area contributed by atoms with Crippen LogP contribution in [0.3, 0.4) is 0 Å². The second-order valence-corrected chi connectivity index (χ2v) is 0. The molecule has 0 aliphatic carbocycles. The molecule has 4 heteroatoms. The fourth-order valence-electron chi connectivity index (χ4n) is 0. The van der Waals surface area contributed by atoms with E-state index in [1.807, 2.05) is 7.57 Å². The van der Waals surface area contributed by atoms with Gasteiger partial charge in [0.25, 0.3) is 0 Å². The van der Waals surface area contributed by atoms with Crippen LogP contribution in [0.4, 0.5) is 0 Å². The zero-order valence-electron chi connectivity index (χ0n) is 1.58. The van der Waals surface area contributed by atoms with Crippen LogP contribution >= 0.6 is 9.12 Å². The Labute approximate surface area is 103 Å². The van der Waals surface area contributed by atoms with Crippen LogP contribution in [-0.4, -0.2) is 96.7 Å². The fourth-order valence-corrected chi connectivity index (χ4v) is 0. The summed E-state index contributed by atoms with van der Waals surface area (Å²) in [5.41, 5.74) is 0. The van der Waals surface area contributed by atoms with Crippen LogP contribution in [-0.2, 0) is 0 Å². The Morgan fingerprint density at radius 2 is 1.25 bits per heavy atom. The summed E-state index contributed by atoms with van der Waals surface area (Å²) in [6.07, 6.45) is 0. The zero-order valence-corrected chi connectivity index (χ0v) is 2.73. The van der Waals surface area contributed by atoms with Crippen LogP contribution in [0.25, 0.3) is 0 Å². The molecule has 0 aromatic heterocycles. The first-order valence-corrected chi connectivity index (χ1v) is 1.73. The van der Waals surface area contributed by atoms with Gasteiger partial charge in [0.05, 0.1) is 0 Å². The van der Waals surface area contributed by atoms with Crippen molar-refractivity contribution in [2.24, 2.45) is 0 Å². The Bertz CT molecular complexity index is 8.00. The van der Waals surface area contributed by atoms with Crippen molar-refractivity contribution in [3.8, 4) is 0 Å². The summed E-state index contributed by atoms with van der Waals surface area (Å²) in [5.74, 6) is 0. The molecule has 0 bridgehead atoms. The molecule has 1 unspecified atom stereocenters. The van der Waals surface area contributed by atoms with Gasteiger partial charge >= 0.3 is 89.1 Å². The van der Waals surface area contributed by atoms with E-state index in [0.29, 0.717) is 0 Å². The van der Waals surface area contributed by atoms with Gasteiger partial charge in [-0.2, -0.15) is 9.12 Å². The van der Waals surface area contributed by atoms with Crippen molar-refractivity contribution < 1.29 is 0 Å². The summed E-state index contributed by atoms with van der Waals surface area (Å²) in [6.45, 7) is 0. The first-order chi connectivity index (χ1) is 1.00. The molecule has 0 aromatic carbocycles. The Morgan fingerprint density at radius 3 is 1.25 bits per heavy atom. The molecule has 0 radical (unpaired) electrons. The second-order valence-electron chi connectivity index (χ2n) is 0. The van der Waals surface area contributed by atoms with Gasteiger partial charge in [-0.3, -0.25) is 0 Å². The summed E-state index contributed by atoms with van der Waals surface area (Å²) in [7, 11) is 4.33. The van der Waals surface area contributed by atoms with E-state index in [1.54, 1.807) is 0 Å². The molecule has 1 atom stereocenters. The first-order valence-electron chi connectivity index (χ1n) is 0.577. The minimum atomic E-state index is 0. The Balaban J connectivity index is -0.00000000500. The van der Waals surface area contributed by atoms with Crippen LogP contribution in [0.15, 0.2) is 0 Å². The van der Waals surface area contributed by atoms with E-state index < -0.39 is 0 Å². The molecule has 0 amide bonds. The van der Waals surface area contributed by atoms with Crippen LogP contribution < -0.4 is 0 Å². The van der Waals surface area contributed by atoms with Gasteiger partial charge in [0, 0.05) is 0 Å². The third-order valence-electron chi connectivity index (χ3n) is 0. The van der Waals surface area contributed by atoms with E-state index in [2.05, 4.69) is 9.12 Å². The fraction of sp³-hybridized carbons (Fsp3) is 0. The summed E-state index contributed by atoms with van der Waals surface area (Å²) >= 11 is 0. The molecule has 0 N–H and O–H groups in total. The molecule has 0 saturated heterocycles. The van der Waals surface area contributed by atoms with Crippen molar-refractivity contribution in [1.29, 1.82) is 0 Å². The van der Waals surface area contributed by atoms with E-state index in [9.17, 15) is 0 Å². The number of hydrogen-bond acceptors (Lipinski definition) is 0. The second kappa shape index (κ2) is 16.2. The molecule has 0 spiro atoms. The molecule has 0 rings (SSSR count). The molecular weight excluding hydrogens is 121 g/mol. The minimum absolute atomic E-state index is 0. The van der Waals surface area contributed by atoms with Crippen molar-refractivity contribution in [3.63, 3.8) is 0 Å². The quantitative estimate of drug-likeness (QED) is 0.257. The van der Waals surface area contributed by atoms with Crippen molar-refractivity contribution in [1.82, 2.24) is 0 Å². The van der Waals surface area contributed by atoms with E-state index in [1.165, 1.54) is 0 Å². The van der Waals surface area contributed by atoms with Crippen molar-refractivity contribution in [2.45, 2.75) is 0 Å². The molecule has 0 saturated carbocycles. The average molecular weight is 128 g/mol. The molecular formula is H7BCaKP. The van der Waals surface area contributed by atoms with Crippen LogP contribution in [0, 0.1) is 0 Å². The van der Waals surface area contributed by atoms with E-state index >= 15 is 0 Å². The zero-order chi connectivity index (χ0) is 2.00. The summed E-state index contributed by atoms with van der Waals surface area (Å²) in [4.78, 5) is 0. The van der Waals surface area contributed by atoms with Gasteiger partial charge in [0.2, 0.25) is 0 Å². The van der Waals surface area contributed by atoms with Crippen molar-refractivity contribution >= 4 is 106 Å². The van der Waals surface area contributed by atoms with Gasteiger partial charge in [0.1, 0.15) is 7.57 Å². The van der Waals surface area contributed by atoms with Gasteiger partial charge in [0.15, 0.2) is 0 Å². The van der Waals surface area contributed by atoms with Crippen molar-refractivity contribution in [2.75, 3.05) is 0 Å². The standard InChI is InChI=1S/BH4P.Ca.K.3H/c1-2;;;;;/h1-2H2;;;;;. The normalized spacial score (nSPS) is 1.25. The molecule has 18 valence electrons. The molecule has 0 heterocycles. The molecule has 0 aromatic rings. The maximum atomic E-state index is 2.42. The Hall–Kier alpha value is 3.39. The monoisotopic (exact) mass is 128 g/mol. The van der Waals surface area contributed by atoms with Gasteiger partial charge in [-0.1, -0.05) is 0 Å². The Morgan fingerprint density at radius 1 is 1.25 bits per heavy atom. The van der Waals surface area contributed by atoms with E-state index in [-0.39, 0.29) is 89.1 Å². The van der Waals surface area contributed by atoms with Gasteiger partial charge < -0.3 is 0 Å². The maximum absolute atomic E-state index is 2.42. The van der Waals surface area contributed by atoms with Gasteiger partial charge in [-0.05, 0) is 0 Å². The topological polar surface area (TPSA) is 0 Å². The SMILES string of the molecule is BP.[CaH2].[KH]. The van der Waals surface area contributed by atoms with Crippen LogP contribution in [0.5, 0.6) is 0 Å². The molecule has 0 fully saturated rings. The predicted molar refractivity (Wildman–Crippen MR) is 33.9 cm³/mol. The molecule has 0 nitrogen and oxygen atoms in total. The third kappa shape index (κ3) is 9.04. The third-order valence-corrected chi connectivity index (χ3v) is 0. The van der Waals surface area contributed by atoms with Crippen molar-refractivity contribution in [3.05, 3.63) is 0 Å². The first kappa shape index (κ1) is 15.7. The summed E-state index contributed by atoms with van der Waals surface area (Å²) in [6, 6.07) is 0. The predicted octanol–water partition coefficient (Wildman–Crippen LogP) is -2.16. The molecule has 0 aliphatic rings. The van der Waals surface area contributed by atoms with Crippen LogP contribution in [0.1, 0.15) is 0 Å². The Kier molecular flexibility index (Phi) is 63.2. The summed E-state index contributed by atoms with van der Waals surface area (Å²) in [5, 5.41) is 0. The number of hydrogen-bond donors (Lipinski definition) is 0. The van der Waals surface area contributed by atoms with Gasteiger partial charge in [-0.25, -0.2) is 0 Å². The molecule has 0 aliphatic heterocycles. The molecule has 4 heavy (non-hydrogen) atoms. The number of rotatable bonds is 0. The van der Waals surface area contributed by atoms with Gasteiger partial charge in [-0.15, -0.1) is 0 Å². The van der Waals surface area contributed by atoms with E-state index in [4.69, 9.17) is 0 Å². The average Bonchev–Trinajstić information content (AvgIpc) is 1.00. The summed E-state index contributed by atoms with van der Waals surface area (Å²) < 4.78 is 0. The van der Waals surface area contributed by atoms with Crippen LogP contribution in [0.2, 0.25) is 0 Å². The van der Waals surface area contributed by atoms with E-state index in [0.717, 1.165) is 0 Å².